The van der Waals surface area contributed by atoms with Crippen molar-refractivity contribution < 1.29 is 9.32 Å². The summed E-state index contributed by atoms with van der Waals surface area (Å²) in [7, 11) is 0. The van der Waals surface area contributed by atoms with E-state index in [1.807, 2.05) is 0 Å². The number of hydrogen-bond donors (Lipinski definition) is 1. The van der Waals surface area contributed by atoms with Gasteiger partial charge in [-0.05, 0) is 19.1 Å². The van der Waals surface area contributed by atoms with Crippen molar-refractivity contribution in [2.75, 3.05) is 0 Å². The lowest BCUT2D eigenvalue weighted by Gasteiger charge is -2.03. The fourth-order valence-electron chi connectivity index (χ4n) is 1.27. The molecule has 0 aliphatic heterocycles. The molecule has 0 aromatic carbocycles. The van der Waals surface area contributed by atoms with Crippen LogP contribution < -0.4 is 5.32 Å². The highest BCUT2D eigenvalue weighted by Crippen LogP contribution is 2.14. The summed E-state index contributed by atoms with van der Waals surface area (Å²) in [5.41, 5.74) is 0.316. The minimum Gasteiger partial charge on any atom is -0.343 e. The number of carbonyl (C=O) groups excluding carboxylic acids is 1. The minimum atomic E-state index is -0.350. The number of amides is 1. The number of hydrogen-bond acceptors (Lipinski definition) is 5. The molecule has 0 aliphatic carbocycles. The van der Waals surface area contributed by atoms with E-state index in [1.165, 1.54) is 12.1 Å². The quantitative estimate of drug-likeness (QED) is 0.873. The Morgan fingerprint density at radius 2 is 2.00 bits per heavy atom. The van der Waals surface area contributed by atoms with Gasteiger partial charge in [-0.15, -0.1) is 0 Å². The molecule has 6 nitrogen and oxygen atoms in total. The van der Waals surface area contributed by atoms with Crippen LogP contribution in [0.3, 0.4) is 0 Å². The Morgan fingerprint density at radius 1 is 1.33 bits per heavy atom. The van der Waals surface area contributed by atoms with E-state index in [1.54, 1.807) is 6.92 Å². The van der Waals surface area contributed by atoms with Crippen molar-refractivity contribution in [1.82, 2.24) is 20.4 Å². The monoisotopic (exact) mass is 286 g/mol. The predicted molar refractivity (Wildman–Crippen MR) is 64.5 cm³/mol. The SMILES string of the molecule is Cc1noc(CNC(=O)c2cc(Cl)nc(Cl)c2)n1. The summed E-state index contributed by atoms with van der Waals surface area (Å²) in [5.74, 6) is 0.485. The molecule has 8 heteroatoms. The summed E-state index contributed by atoms with van der Waals surface area (Å²) in [6, 6.07) is 2.84. The van der Waals surface area contributed by atoms with Crippen LogP contribution in [0.25, 0.3) is 0 Å². The molecule has 1 N–H and O–H groups in total. The fraction of sp³-hybridized carbons (Fsp3) is 0.200. The average molecular weight is 287 g/mol. The van der Waals surface area contributed by atoms with E-state index in [9.17, 15) is 4.79 Å². The summed E-state index contributed by atoms with van der Waals surface area (Å²) in [4.78, 5) is 19.5. The molecular weight excluding hydrogens is 279 g/mol. The molecule has 0 bridgehead atoms. The zero-order chi connectivity index (χ0) is 13.1. The molecule has 0 spiro atoms. The average Bonchev–Trinajstić information content (AvgIpc) is 2.70. The summed E-state index contributed by atoms with van der Waals surface area (Å²) in [6.07, 6.45) is 0. The molecular formula is C10H8Cl2N4O2. The minimum absolute atomic E-state index is 0.136. The van der Waals surface area contributed by atoms with Crippen LogP contribution >= 0.6 is 23.2 Å². The first-order valence-corrected chi connectivity index (χ1v) is 5.70. The molecule has 2 heterocycles. The van der Waals surface area contributed by atoms with Gasteiger partial charge in [-0.3, -0.25) is 4.79 Å². The number of carbonyl (C=O) groups is 1. The van der Waals surface area contributed by atoms with Crippen LogP contribution in [-0.4, -0.2) is 21.0 Å². The molecule has 0 radical (unpaired) electrons. The summed E-state index contributed by atoms with van der Waals surface area (Å²) in [6.45, 7) is 1.83. The summed E-state index contributed by atoms with van der Waals surface area (Å²) >= 11 is 11.4. The van der Waals surface area contributed by atoms with Crippen molar-refractivity contribution in [3.05, 3.63) is 39.7 Å². The summed E-state index contributed by atoms with van der Waals surface area (Å²) in [5, 5.41) is 6.52. The summed E-state index contributed by atoms with van der Waals surface area (Å²) < 4.78 is 4.86. The first kappa shape index (κ1) is 12.8. The molecule has 0 atom stereocenters. The van der Waals surface area contributed by atoms with E-state index >= 15 is 0 Å². The molecule has 0 unspecified atom stereocenters. The van der Waals surface area contributed by atoms with Crippen molar-refractivity contribution in [3.8, 4) is 0 Å². The highest BCUT2D eigenvalue weighted by Gasteiger charge is 2.10. The van der Waals surface area contributed by atoms with E-state index in [0.717, 1.165) is 0 Å². The Bertz CT molecular complexity index is 565. The van der Waals surface area contributed by atoms with Gasteiger partial charge < -0.3 is 9.84 Å². The van der Waals surface area contributed by atoms with Crippen molar-refractivity contribution >= 4 is 29.1 Å². The molecule has 2 rings (SSSR count). The van der Waals surface area contributed by atoms with Gasteiger partial charge in [-0.1, -0.05) is 28.4 Å². The number of rotatable bonds is 3. The second-order valence-electron chi connectivity index (χ2n) is 3.42. The van der Waals surface area contributed by atoms with Crippen LogP contribution in [0.15, 0.2) is 16.7 Å². The third kappa shape index (κ3) is 3.18. The third-order valence-electron chi connectivity index (χ3n) is 1.99. The van der Waals surface area contributed by atoms with E-state index in [-0.39, 0.29) is 22.8 Å². The van der Waals surface area contributed by atoms with Crippen LogP contribution in [0.4, 0.5) is 0 Å². The fourth-order valence-corrected chi connectivity index (χ4v) is 1.73. The lowest BCUT2D eigenvalue weighted by atomic mass is 10.2. The smallest absolute Gasteiger partial charge is 0.251 e. The maximum Gasteiger partial charge on any atom is 0.251 e. The molecule has 94 valence electrons. The zero-order valence-electron chi connectivity index (χ0n) is 9.28. The number of aryl methyl sites for hydroxylation is 1. The first-order chi connectivity index (χ1) is 8.54. The van der Waals surface area contributed by atoms with Gasteiger partial charge in [0.15, 0.2) is 5.82 Å². The van der Waals surface area contributed by atoms with Crippen LogP contribution in [0.1, 0.15) is 22.1 Å². The van der Waals surface area contributed by atoms with E-state index in [2.05, 4.69) is 20.4 Å². The number of halogens is 2. The Kier molecular flexibility index (Phi) is 3.78. The maximum absolute atomic E-state index is 11.8. The van der Waals surface area contributed by atoms with Gasteiger partial charge in [-0.2, -0.15) is 4.98 Å². The topological polar surface area (TPSA) is 80.9 Å². The second kappa shape index (κ2) is 5.32. The molecule has 1 amide bonds. The molecule has 0 fully saturated rings. The lowest BCUT2D eigenvalue weighted by molar-refractivity contribution is 0.0946. The van der Waals surface area contributed by atoms with Crippen molar-refractivity contribution in [2.24, 2.45) is 0 Å². The molecule has 0 aliphatic rings. The standard InChI is InChI=1S/C10H8Cl2N4O2/c1-5-14-9(18-16-5)4-13-10(17)6-2-7(11)15-8(12)3-6/h2-3H,4H2,1H3,(H,13,17). The second-order valence-corrected chi connectivity index (χ2v) is 4.19. The van der Waals surface area contributed by atoms with Gasteiger partial charge >= 0.3 is 0 Å². The maximum atomic E-state index is 11.8. The molecule has 0 saturated heterocycles. The molecule has 2 aromatic rings. The van der Waals surface area contributed by atoms with Crippen LogP contribution in [-0.2, 0) is 6.54 Å². The Morgan fingerprint density at radius 3 is 2.56 bits per heavy atom. The Balaban J connectivity index is 2.03. The van der Waals surface area contributed by atoms with Crippen LogP contribution in [0.5, 0.6) is 0 Å². The van der Waals surface area contributed by atoms with Gasteiger partial charge in [0.1, 0.15) is 10.3 Å². The molecule has 0 saturated carbocycles. The predicted octanol–water partition coefficient (Wildman–Crippen LogP) is 2.01. The number of pyridine rings is 1. The number of nitrogens with one attached hydrogen (secondary N) is 1. The Labute approximate surface area is 112 Å². The van der Waals surface area contributed by atoms with Crippen molar-refractivity contribution in [3.63, 3.8) is 0 Å². The highest BCUT2D eigenvalue weighted by molar-refractivity contribution is 6.33. The molecule has 18 heavy (non-hydrogen) atoms. The third-order valence-corrected chi connectivity index (χ3v) is 2.38. The highest BCUT2D eigenvalue weighted by atomic mass is 35.5. The number of aromatic nitrogens is 3. The van der Waals surface area contributed by atoms with Gasteiger partial charge in [-0.25, -0.2) is 4.98 Å². The normalized spacial score (nSPS) is 10.4. The van der Waals surface area contributed by atoms with Gasteiger partial charge in [0.25, 0.3) is 5.91 Å². The van der Waals surface area contributed by atoms with Gasteiger partial charge in [0.05, 0.1) is 6.54 Å². The Hall–Kier alpha value is -1.66. The number of nitrogens with zero attached hydrogens (tertiary/aromatic N) is 3. The van der Waals surface area contributed by atoms with Crippen molar-refractivity contribution in [2.45, 2.75) is 13.5 Å². The lowest BCUT2D eigenvalue weighted by Crippen LogP contribution is -2.23. The largest absolute Gasteiger partial charge is 0.343 e. The van der Waals surface area contributed by atoms with Crippen molar-refractivity contribution in [1.29, 1.82) is 0 Å². The zero-order valence-corrected chi connectivity index (χ0v) is 10.8. The van der Waals surface area contributed by atoms with Crippen LogP contribution in [0, 0.1) is 6.92 Å². The first-order valence-electron chi connectivity index (χ1n) is 4.95. The van der Waals surface area contributed by atoms with Gasteiger partial charge in [0, 0.05) is 5.56 Å². The van der Waals surface area contributed by atoms with Crippen LogP contribution in [0.2, 0.25) is 10.3 Å². The molecule has 2 aromatic heterocycles. The van der Waals surface area contributed by atoms with E-state index in [4.69, 9.17) is 27.7 Å². The van der Waals surface area contributed by atoms with Gasteiger partial charge in [0.2, 0.25) is 5.89 Å². The van der Waals surface area contributed by atoms with E-state index in [0.29, 0.717) is 17.3 Å². The van der Waals surface area contributed by atoms with E-state index < -0.39 is 0 Å².